The van der Waals surface area contributed by atoms with E-state index in [1.54, 1.807) is 28.1 Å². The van der Waals surface area contributed by atoms with Gasteiger partial charge in [0.15, 0.2) is 5.72 Å². The molecule has 6 nitrogen and oxygen atoms in total. The number of hydrogen-bond donors (Lipinski definition) is 1. The zero-order valence-corrected chi connectivity index (χ0v) is 14.5. The normalized spacial score (nSPS) is 29.3. The number of benzene rings is 1. The Morgan fingerprint density at radius 2 is 2.14 bits per heavy atom. The van der Waals surface area contributed by atoms with Gasteiger partial charge in [0.2, 0.25) is 5.91 Å². The fourth-order valence-corrected chi connectivity index (χ4v) is 3.53. The number of fused-ring (bicyclic) bond motifs is 4. The van der Waals surface area contributed by atoms with Gasteiger partial charge in [-0.05, 0) is 25.1 Å². The monoisotopic (exact) mass is 367 g/mol. The number of carbonyl (C=O) groups is 2. The number of ether oxygens (including phenoxy) is 1. The minimum atomic E-state index is -1.02. The maximum atomic E-state index is 12.7. The van der Waals surface area contributed by atoms with Crippen molar-refractivity contribution in [2.45, 2.75) is 18.7 Å². The number of amides is 3. The van der Waals surface area contributed by atoms with Crippen LogP contribution in [0.3, 0.4) is 0 Å². The van der Waals surface area contributed by atoms with E-state index in [-0.39, 0.29) is 11.9 Å². The van der Waals surface area contributed by atoms with Gasteiger partial charge in [-0.3, -0.25) is 9.69 Å². The summed E-state index contributed by atoms with van der Waals surface area (Å²) in [5, 5.41) is 2.93. The Hall–Kier alpha value is -1.76. The number of nitrogens with zero attached hydrogens (tertiary/aromatic N) is 2. The van der Waals surface area contributed by atoms with E-state index in [9.17, 15) is 9.59 Å². The molecular formula is C15H18BrN3O3. The third kappa shape index (κ3) is 1.99. The molecule has 0 aliphatic carbocycles. The molecule has 3 atom stereocenters. The molecular weight excluding hydrogens is 350 g/mol. The molecule has 1 N–H and O–H groups in total. The molecule has 3 amide bonds. The van der Waals surface area contributed by atoms with Crippen molar-refractivity contribution in [2.75, 3.05) is 21.1 Å². The number of halogens is 1. The topological polar surface area (TPSA) is 61.9 Å². The van der Waals surface area contributed by atoms with Crippen LogP contribution in [-0.2, 0) is 4.79 Å². The van der Waals surface area contributed by atoms with Crippen molar-refractivity contribution >= 4 is 27.9 Å². The van der Waals surface area contributed by atoms with Gasteiger partial charge in [0, 0.05) is 31.2 Å². The average molecular weight is 368 g/mol. The Balaban J connectivity index is 2.19. The van der Waals surface area contributed by atoms with Gasteiger partial charge < -0.3 is 15.0 Å². The van der Waals surface area contributed by atoms with Crippen LogP contribution in [0.25, 0.3) is 0 Å². The molecule has 118 valence electrons. The summed E-state index contributed by atoms with van der Waals surface area (Å²) in [6.45, 7) is 1.79. The van der Waals surface area contributed by atoms with Crippen molar-refractivity contribution in [2.24, 2.45) is 5.92 Å². The molecule has 1 aromatic rings. The van der Waals surface area contributed by atoms with Crippen LogP contribution in [0.4, 0.5) is 4.79 Å². The quantitative estimate of drug-likeness (QED) is 0.825. The van der Waals surface area contributed by atoms with E-state index in [0.29, 0.717) is 5.75 Å². The molecule has 7 heteroatoms. The first-order valence-corrected chi connectivity index (χ1v) is 7.79. The highest BCUT2D eigenvalue weighted by Gasteiger charge is 2.58. The highest BCUT2D eigenvalue weighted by molar-refractivity contribution is 9.10. The Morgan fingerprint density at radius 1 is 1.45 bits per heavy atom. The molecule has 1 fully saturated rings. The smallest absolute Gasteiger partial charge is 0.320 e. The first kappa shape index (κ1) is 15.1. The van der Waals surface area contributed by atoms with E-state index in [4.69, 9.17) is 4.74 Å². The van der Waals surface area contributed by atoms with E-state index in [1.165, 1.54) is 9.80 Å². The standard InChI is InChI=1S/C15H18BrN3O3/c1-15-11(13(20)18(2)3)12(17-14(21)19(15)4)9-7-8(16)5-6-10(9)22-15/h5-7,11-12H,1-4H3,(H,17,21)/t11-,12-,15-/m0/s1. The van der Waals surface area contributed by atoms with Gasteiger partial charge in [-0.1, -0.05) is 15.9 Å². The Kier molecular flexibility index (Phi) is 3.36. The van der Waals surface area contributed by atoms with Crippen molar-refractivity contribution in [3.8, 4) is 5.75 Å². The van der Waals surface area contributed by atoms with Crippen LogP contribution in [0, 0.1) is 5.92 Å². The SMILES string of the molecule is CN(C)C(=O)[C@@H]1[C@H]2NC(=O)N(C)[C@@]1(C)Oc1ccc(Br)cc12. The highest BCUT2D eigenvalue weighted by Crippen LogP contribution is 2.48. The highest BCUT2D eigenvalue weighted by atomic mass is 79.9. The predicted molar refractivity (Wildman–Crippen MR) is 84.4 cm³/mol. The van der Waals surface area contributed by atoms with Crippen molar-refractivity contribution in [1.82, 2.24) is 15.1 Å². The minimum absolute atomic E-state index is 0.0787. The van der Waals surface area contributed by atoms with Crippen LogP contribution in [-0.4, -0.2) is 48.6 Å². The molecule has 2 bridgehead atoms. The lowest BCUT2D eigenvalue weighted by Crippen LogP contribution is -2.71. The van der Waals surface area contributed by atoms with Crippen molar-refractivity contribution in [3.05, 3.63) is 28.2 Å². The molecule has 0 unspecified atom stereocenters. The van der Waals surface area contributed by atoms with E-state index in [2.05, 4.69) is 21.2 Å². The van der Waals surface area contributed by atoms with Crippen LogP contribution in [0.1, 0.15) is 18.5 Å². The van der Waals surface area contributed by atoms with Crippen LogP contribution in [0.15, 0.2) is 22.7 Å². The van der Waals surface area contributed by atoms with Gasteiger partial charge in [0.1, 0.15) is 11.7 Å². The minimum Gasteiger partial charge on any atom is -0.467 e. The second-order valence-electron chi connectivity index (χ2n) is 6.04. The number of hydrogen-bond acceptors (Lipinski definition) is 3. The Bertz CT molecular complexity index is 663. The molecule has 2 aliphatic rings. The zero-order valence-electron chi connectivity index (χ0n) is 12.9. The van der Waals surface area contributed by atoms with E-state index >= 15 is 0 Å². The molecule has 0 saturated carbocycles. The maximum Gasteiger partial charge on any atom is 0.320 e. The number of nitrogens with one attached hydrogen (secondary N) is 1. The molecule has 22 heavy (non-hydrogen) atoms. The Morgan fingerprint density at radius 3 is 2.77 bits per heavy atom. The third-order valence-electron chi connectivity index (χ3n) is 4.49. The summed E-state index contributed by atoms with van der Waals surface area (Å²) in [5.74, 6) is 0.0855. The van der Waals surface area contributed by atoms with Crippen molar-refractivity contribution in [1.29, 1.82) is 0 Å². The molecule has 1 aromatic carbocycles. The number of rotatable bonds is 1. The first-order chi connectivity index (χ1) is 10.3. The summed E-state index contributed by atoms with van der Waals surface area (Å²) in [5.41, 5.74) is -0.205. The number of urea groups is 1. The second-order valence-corrected chi connectivity index (χ2v) is 6.95. The van der Waals surface area contributed by atoms with Gasteiger partial charge >= 0.3 is 6.03 Å². The lowest BCUT2D eigenvalue weighted by Gasteiger charge is -2.54. The summed E-state index contributed by atoms with van der Waals surface area (Å²) in [6, 6.07) is 4.96. The molecule has 0 spiro atoms. The number of carbonyl (C=O) groups excluding carboxylic acids is 2. The summed E-state index contributed by atoms with van der Waals surface area (Å²) >= 11 is 3.43. The molecule has 1 saturated heterocycles. The summed E-state index contributed by atoms with van der Waals surface area (Å²) < 4.78 is 6.99. The van der Waals surface area contributed by atoms with Crippen molar-refractivity contribution < 1.29 is 14.3 Å². The van der Waals surface area contributed by atoms with E-state index in [1.807, 2.05) is 18.2 Å². The predicted octanol–water partition coefficient (Wildman–Crippen LogP) is 1.96. The molecule has 3 rings (SSSR count). The fraction of sp³-hybridized carbons (Fsp3) is 0.467. The summed E-state index contributed by atoms with van der Waals surface area (Å²) in [6.07, 6.45) is 0. The molecule has 0 aromatic heterocycles. The molecule has 0 radical (unpaired) electrons. The maximum absolute atomic E-state index is 12.7. The fourth-order valence-electron chi connectivity index (χ4n) is 3.15. The van der Waals surface area contributed by atoms with Gasteiger partial charge in [0.25, 0.3) is 0 Å². The van der Waals surface area contributed by atoms with Crippen LogP contribution in [0.2, 0.25) is 0 Å². The van der Waals surface area contributed by atoms with Crippen molar-refractivity contribution in [3.63, 3.8) is 0 Å². The van der Waals surface area contributed by atoms with Gasteiger partial charge in [-0.15, -0.1) is 0 Å². The van der Waals surface area contributed by atoms with Gasteiger partial charge in [0.05, 0.1) is 6.04 Å². The van der Waals surface area contributed by atoms with Gasteiger partial charge in [-0.25, -0.2) is 4.79 Å². The molecule has 2 aliphatic heterocycles. The second kappa shape index (κ2) is 4.87. The summed E-state index contributed by atoms with van der Waals surface area (Å²) in [4.78, 5) is 28.0. The van der Waals surface area contributed by atoms with Crippen LogP contribution >= 0.6 is 15.9 Å². The summed E-state index contributed by atoms with van der Waals surface area (Å²) in [7, 11) is 5.06. The average Bonchev–Trinajstić information content (AvgIpc) is 2.45. The van der Waals surface area contributed by atoms with E-state index in [0.717, 1.165) is 10.0 Å². The lowest BCUT2D eigenvalue weighted by molar-refractivity contribution is -0.162. The largest absolute Gasteiger partial charge is 0.467 e. The zero-order chi connectivity index (χ0) is 16.2. The van der Waals surface area contributed by atoms with Crippen LogP contribution in [0.5, 0.6) is 5.75 Å². The van der Waals surface area contributed by atoms with Crippen LogP contribution < -0.4 is 10.1 Å². The lowest BCUT2D eigenvalue weighted by atomic mass is 9.79. The molecule has 2 heterocycles. The first-order valence-electron chi connectivity index (χ1n) is 6.99. The van der Waals surface area contributed by atoms with Gasteiger partial charge in [-0.2, -0.15) is 0 Å². The third-order valence-corrected chi connectivity index (χ3v) is 4.98. The van der Waals surface area contributed by atoms with E-state index < -0.39 is 17.7 Å². The Labute approximate surface area is 137 Å².